The summed E-state index contributed by atoms with van der Waals surface area (Å²) in [5, 5.41) is 19.1. The first-order valence-electron chi connectivity index (χ1n) is 7.90. The molecule has 0 spiro atoms. The molecule has 0 fully saturated rings. The molecule has 0 saturated heterocycles. The van der Waals surface area contributed by atoms with Gasteiger partial charge in [0.05, 0.1) is 16.9 Å². The van der Waals surface area contributed by atoms with Crippen molar-refractivity contribution in [2.75, 3.05) is 0 Å². The van der Waals surface area contributed by atoms with Crippen LogP contribution in [0.3, 0.4) is 0 Å². The number of nitro groups is 1. The average molecular weight is 380 g/mol. The van der Waals surface area contributed by atoms with Gasteiger partial charge in [0.25, 0.3) is 10.9 Å². The summed E-state index contributed by atoms with van der Waals surface area (Å²) in [7, 11) is 0. The third-order valence-corrected chi connectivity index (χ3v) is 4.44. The second-order valence-corrected chi connectivity index (χ2v) is 6.38. The minimum Gasteiger partial charge on any atom is -0.440 e. The van der Waals surface area contributed by atoms with Gasteiger partial charge in [-0.25, -0.2) is 4.98 Å². The Morgan fingerprint density at radius 1 is 1.00 bits per heavy atom. The third kappa shape index (κ3) is 3.87. The van der Waals surface area contributed by atoms with Gasteiger partial charge in [0.2, 0.25) is 11.8 Å². The number of thioether (sulfide) groups is 1. The van der Waals surface area contributed by atoms with E-state index in [9.17, 15) is 10.1 Å². The quantitative estimate of drug-likeness (QED) is 0.271. The highest BCUT2D eigenvalue weighted by molar-refractivity contribution is 7.98. The predicted octanol–water partition coefficient (Wildman–Crippen LogP) is 4.59. The topological polar surface area (TPSA) is 108 Å². The number of benzene rings is 2. The average Bonchev–Trinajstić information content (AvgIpc) is 3.37. The predicted molar refractivity (Wildman–Crippen MR) is 97.9 cm³/mol. The number of aromatic nitrogens is 3. The van der Waals surface area contributed by atoms with E-state index in [1.807, 2.05) is 30.3 Å². The molecule has 0 unspecified atom stereocenters. The van der Waals surface area contributed by atoms with E-state index < -0.39 is 4.92 Å². The molecular weight excluding hydrogens is 368 g/mol. The van der Waals surface area contributed by atoms with Crippen LogP contribution in [0.2, 0.25) is 0 Å². The summed E-state index contributed by atoms with van der Waals surface area (Å²) in [6.07, 6.45) is 1.67. The fourth-order valence-electron chi connectivity index (χ4n) is 2.37. The Kier molecular flexibility index (Phi) is 4.67. The number of non-ortho nitro benzene ring substituents is 1. The van der Waals surface area contributed by atoms with E-state index >= 15 is 0 Å². The Bertz CT molecular complexity index is 1080. The molecule has 0 N–H and O–H groups in total. The van der Waals surface area contributed by atoms with Crippen molar-refractivity contribution >= 4 is 17.4 Å². The molecule has 0 aliphatic carbocycles. The van der Waals surface area contributed by atoms with E-state index in [4.69, 9.17) is 8.83 Å². The van der Waals surface area contributed by atoms with Crippen molar-refractivity contribution in [2.24, 2.45) is 0 Å². The maximum Gasteiger partial charge on any atom is 0.277 e. The number of hydrogen-bond acceptors (Lipinski definition) is 8. The van der Waals surface area contributed by atoms with Gasteiger partial charge in [-0.2, -0.15) is 0 Å². The van der Waals surface area contributed by atoms with Crippen LogP contribution in [0.1, 0.15) is 5.89 Å². The number of rotatable bonds is 6. The van der Waals surface area contributed by atoms with Crippen LogP contribution in [0.15, 0.2) is 74.9 Å². The molecule has 2 aromatic heterocycles. The highest BCUT2D eigenvalue weighted by atomic mass is 32.2. The molecule has 2 aromatic carbocycles. The molecule has 0 atom stereocenters. The van der Waals surface area contributed by atoms with Gasteiger partial charge in [-0.1, -0.05) is 48.2 Å². The Hall–Kier alpha value is -3.46. The first-order valence-corrected chi connectivity index (χ1v) is 8.89. The number of nitrogens with zero attached hydrogens (tertiary/aromatic N) is 4. The molecule has 134 valence electrons. The number of oxazole rings is 1. The Morgan fingerprint density at radius 2 is 1.81 bits per heavy atom. The summed E-state index contributed by atoms with van der Waals surface area (Å²) in [6.45, 7) is 0. The Balaban J connectivity index is 1.44. The highest BCUT2D eigenvalue weighted by Gasteiger charge is 2.14. The van der Waals surface area contributed by atoms with E-state index in [1.165, 1.54) is 23.9 Å². The maximum atomic E-state index is 10.9. The van der Waals surface area contributed by atoms with Gasteiger partial charge < -0.3 is 8.83 Å². The Morgan fingerprint density at radius 3 is 2.63 bits per heavy atom. The molecule has 8 nitrogen and oxygen atoms in total. The molecule has 0 saturated carbocycles. The van der Waals surface area contributed by atoms with Crippen molar-refractivity contribution < 1.29 is 13.8 Å². The lowest BCUT2D eigenvalue weighted by atomic mass is 10.2. The molecule has 2 heterocycles. The summed E-state index contributed by atoms with van der Waals surface area (Å²) < 4.78 is 11.3. The number of hydrogen-bond donors (Lipinski definition) is 0. The van der Waals surface area contributed by atoms with Crippen LogP contribution in [0.4, 0.5) is 5.69 Å². The highest BCUT2D eigenvalue weighted by Crippen LogP contribution is 2.28. The van der Waals surface area contributed by atoms with Gasteiger partial charge in [0.15, 0.2) is 5.76 Å². The fraction of sp³-hybridized carbons (Fsp3) is 0.0556. The van der Waals surface area contributed by atoms with E-state index in [1.54, 1.807) is 18.3 Å². The Labute approximate surface area is 157 Å². The van der Waals surface area contributed by atoms with Crippen LogP contribution in [0.25, 0.3) is 22.8 Å². The molecular formula is C18H12N4O4S. The van der Waals surface area contributed by atoms with E-state index in [-0.39, 0.29) is 11.6 Å². The third-order valence-electron chi connectivity index (χ3n) is 3.64. The first kappa shape index (κ1) is 17.0. The summed E-state index contributed by atoms with van der Waals surface area (Å²) in [4.78, 5) is 14.7. The van der Waals surface area contributed by atoms with Crippen LogP contribution in [0.5, 0.6) is 0 Å². The minimum absolute atomic E-state index is 0.0341. The largest absolute Gasteiger partial charge is 0.440 e. The normalized spacial score (nSPS) is 10.8. The monoisotopic (exact) mass is 380 g/mol. The minimum atomic E-state index is -0.470. The summed E-state index contributed by atoms with van der Waals surface area (Å²) >= 11 is 1.28. The van der Waals surface area contributed by atoms with Gasteiger partial charge in [-0.15, -0.1) is 10.2 Å². The van der Waals surface area contributed by atoms with E-state index in [2.05, 4.69) is 15.2 Å². The number of nitro benzene ring substituents is 1. The van der Waals surface area contributed by atoms with E-state index in [0.717, 1.165) is 5.56 Å². The maximum absolute atomic E-state index is 10.9. The first-order chi connectivity index (χ1) is 13.2. The molecule has 0 aliphatic rings. The molecule has 4 rings (SSSR count). The van der Waals surface area contributed by atoms with Crippen LogP contribution < -0.4 is 0 Å². The smallest absolute Gasteiger partial charge is 0.277 e. The van der Waals surface area contributed by atoms with Crippen molar-refractivity contribution in [1.29, 1.82) is 0 Å². The molecule has 0 radical (unpaired) electrons. The summed E-state index contributed by atoms with van der Waals surface area (Å²) in [5.74, 6) is 1.87. The van der Waals surface area contributed by atoms with Crippen LogP contribution >= 0.6 is 11.8 Å². The van der Waals surface area contributed by atoms with Crippen LogP contribution in [-0.2, 0) is 5.75 Å². The summed E-state index contributed by atoms with van der Waals surface area (Å²) in [6, 6.07) is 15.7. The van der Waals surface area contributed by atoms with Crippen molar-refractivity contribution in [1.82, 2.24) is 15.2 Å². The van der Waals surface area contributed by atoms with Gasteiger partial charge in [-0.05, 0) is 6.07 Å². The lowest BCUT2D eigenvalue weighted by Gasteiger charge is -1.95. The van der Waals surface area contributed by atoms with Crippen LogP contribution in [0, 0.1) is 10.1 Å². The van der Waals surface area contributed by atoms with Crippen molar-refractivity contribution in [3.63, 3.8) is 0 Å². The molecule has 4 aromatic rings. The second-order valence-electron chi connectivity index (χ2n) is 5.45. The van der Waals surface area contributed by atoms with Crippen LogP contribution in [-0.4, -0.2) is 20.1 Å². The fourth-order valence-corrected chi connectivity index (χ4v) is 2.99. The second kappa shape index (κ2) is 7.42. The molecule has 0 aliphatic heterocycles. The lowest BCUT2D eigenvalue weighted by molar-refractivity contribution is -0.384. The zero-order chi connectivity index (χ0) is 18.6. The van der Waals surface area contributed by atoms with Gasteiger partial charge in [0, 0.05) is 23.3 Å². The standard InChI is InChI=1S/C18H12N4O4S/c23-22(24)14-8-4-7-13(9-14)17-20-21-18(26-17)27-11-16-19-10-15(25-16)12-5-2-1-3-6-12/h1-10H,11H2. The van der Waals surface area contributed by atoms with Gasteiger partial charge in [-0.3, -0.25) is 10.1 Å². The van der Waals surface area contributed by atoms with Gasteiger partial charge >= 0.3 is 0 Å². The SMILES string of the molecule is O=[N+]([O-])c1cccc(-c2nnc(SCc3ncc(-c4ccccc4)o3)o2)c1. The molecule has 0 bridgehead atoms. The lowest BCUT2D eigenvalue weighted by Crippen LogP contribution is -1.88. The zero-order valence-corrected chi connectivity index (χ0v) is 14.6. The summed E-state index contributed by atoms with van der Waals surface area (Å²) in [5.41, 5.74) is 1.41. The molecule has 0 amide bonds. The zero-order valence-electron chi connectivity index (χ0n) is 13.8. The van der Waals surface area contributed by atoms with Crippen molar-refractivity contribution in [3.05, 3.63) is 76.8 Å². The molecule has 9 heteroatoms. The van der Waals surface area contributed by atoms with Gasteiger partial charge in [0.1, 0.15) is 0 Å². The van der Waals surface area contributed by atoms with E-state index in [0.29, 0.717) is 28.2 Å². The molecule has 27 heavy (non-hydrogen) atoms. The van der Waals surface area contributed by atoms with Crippen molar-refractivity contribution in [3.8, 4) is 22.8 Å². The van der Waals surface area contributed by atoms with Crippen molar-refractivity contribution in [2.45, 2.75) is 11.0 Å².